The molecule has 0 saturated heterocycles. The lowest BCUT2D eigenvalue weighted by molar-refractivity contribution is 0.342. The minimum absolute atomic E-state index is 0.0105. The van der Waals surface area contributed by atoms with Gasteiger partial charge in [-0.25, -0.2) is 0 Å². The van der Waals surface area contributed by atoms with Crippen molar-refractivity contribution in [2.75, 3.05) is 6.54 Å². The average molecular weight is 255 g/mol. The number of nitrogens with zero attached hydrogens (tertiary/aromatic N) is 2. The van der Waals surface area contributed by atoms with Crippen LogP contribution in [0.1, 0.15) is 48.0 Å². The van der Waals surface area contributed by atoms with Crippen molar-refractivity contribution in [3.8, 4) is 0 Å². The van der Waals surface area contributed by atoms with Gasteiger partial charge in [-0.15, -0.1) is 0 Å². The molecule has 1 saturated carbocycles. The normalized spacial score (nSPS) is 23.3. The summed E-state index contributed by atoms with van der Waals surface area (Å²) < 4.78 is 5.47. The van der Waals surface area contributed by atoms with Crippen LogP contribution in [-0.4, -0.2) is 16.7 Å². The molecular formula is C15H17N3O. The first kappa shape index (κ1) is 11.2. The van der Waals surface area contributed by atoms with Crippen LogP contribution >= 0.6 is 0 Å². The zero-order valence-electron chi connectivity index (χ0n) is 10.8. The van der Waals surface area contributed by atoms with Gasteiger partial charge in [-0.3, -0.25) is 0 Å². The number of fused-ring (bicyclic) bond motifs is 1. The van der Waals surface area contributed by atoms with Crippen LogP contribution in [0.3, 0.4) is 0 Å². The van der Waals surface area contributed by atoms with Crippen molar-refractivity contribution in [3.63, 3.8) is 0 Å². The van der Waals surface area contributed by atoms with Crippen molar-refractivity contribution >= 4 is 0 Å². The van der Waals surface area contributed by atoms with Gasteiger partial charge in [0.25, 0.3) is 0 Å². The molecule has 4 nitrogen and oxygen atoms in total. The number of aromatic nitrogens is 2. The second kappa shape index (κ2) is 3.90. The van der Waals surface area contributed by atoms with Crippen molar-refractivity contribution in [2.24, 2.45) is 5.73 Å². The quantitative estimate of drug-likeness (QED) is 0.912. The molecule has 0 radical (unpaired) electrons. The van der Waals surface area contributed by atoms with Crippen molar-refractivity contribution in [1.82, 2.24) is 10.1 Å². The zero-order valence-corrected chi connectivity index (χ0v) is 10.8. The molecule has 2 N–H and O–H groups in total. The van der Waals surface area contributed by atoms with E-state index in [9.17, 15) is 0 Å². The largest absolute Gasteiger partial charge is 0.339 e. The number of rotatable bonds is 3. The smallest absolute Gasteiger partial charge is 0.234 e. The Balaban J connectivity index is 1.68. The van der Waals surface area contributed by atoms with E-state index in [1.54, 1.807) is 0 Å². The van der Waals surface area contributed by atoms with E-state index in [2.05, 4.69) is 34.4 Å². The number of hydrogen-bond acceptors (Lipinski definition) is 4. The maximum Gasteiger partial charge on any atom is 0.234 e. The second-order valence-corrected chi connectivity index (χ2v) is 5.73. The fourth-order valence-electron chi connectivity index (χ4n) is 3.07. The molecule has 1 unspecified atom stereocenters. The lowest BCUT2D eigenvalue weighted by atomic mass is 10.0. The summed E-state index contributed by atoms with van der Waals surface area (Å²) in [5.41, 5.74) is 8.57. The lowest BCUT2D eigenvalue weighted by Gasteiger charge is -2.06. The molecule has 2 aliphatic carbocycles. The Morgan fingerprint density at radius 1 is 1.32 bits per heavy atom. The molecule has 98 valence electrons. The van der Waals surface area contributed by atoms with Crippen LogP contribution in [0.5, 0.6) is 0 Å². The molecule has 1 aromatic heterocycles. The van der Waals surface area contributed by atoms with Crippen LogP contribution in [0.2, 0.25) is 0 Å². The van der Waals surface area contributed by atoms with Crippen LogP contribution in [-0.2, 0) is 11.8 Å². The van der Waals surface area contributed by atoms with Crippen molar-refractivity contribution < 1.29 is 4.52 Å². The first-order valence-corrected chi connectivity index (χ1v) is 6.94. The Hall–Kier alpha value is -1.68. The standard InChI is InChI=1S/C15H17N3O/c16-9-15(7-8-15)14-17-13(18-19-14)12-6-5-10-3-1-2-4-11(10)12/h1-4,12H,5-9,16H2. The summed E-state index contributed by atoms with van der Waals surface area (Å²) in [5.74, 6) is 1.87. The Kier molecular flexibility index (Phi) is 2.30. The molecular weight excluding hydrogens is 238 g/mol. The van der Waals surface area contributed by atoms with Gasteiger partial charge in [-0.05, 0) is 36.8 Å². The van der Waals surface area contributed by atoms with E-state index < -0.39 is 0 Å². The fraction of sp³-hybridized carbons (Fsp3) is 0.467. The number of benzene rings is 1. The molecule has 1 aromatic carbocycles. The van der Waals surface area contributed by atoms with Crippen LogP contribution in [0.25, 0.3) is 0 Å². The Morgan fingerprint density at radius 3 is 2.95 bits per heavy atom. The van der Waals surface area contributed by atoms with Gasteiger partial charge in [0.2, 0.25) is 5.89 Å². The molecule has 1 atom stereocenters. The molecule has 4 heteroatoms. The van der Waals surface area contributed by atoms with E-state index in [4.69, 9.17) is 10.3 Å². The van der Waals surface area contributed by atoms with E-state index >= 15 is 0 Å². The highest BCUT2D eigenvalue weighted by atomic mass is 16.5. The molecule has 0 bridgehead atoms. The summed E-state index contributed by atoms with van der Waals surface area (Å²) in [5, 5.41) is 4.21. The first-order chi connectivity index (χ1) is 9.32. The van der Waals surface area contributed by atoms with Crippen molar-refractivity contribution in [2.45, 2.75) is 37.0 Å². The SMILES string of the molecule is NCC1(c2nc(C3CCc4ccccc43)no2)CC1. The first-order valence-electron chi connectivity index (χ1n) is 6.94. The molecule has 2 aliphatic rings. The summed E-state index contributed by atoms with van der Waals surface area (Å²) in [6.07, 6.45) is 4.33. The van der Waals surface area contributed by atoms with Crippen LogP contribution in [0.4, 0.5) is 0 Å². The molecule has 0 amide bonds. The van der Waals surface area contributed by atoms with Gasteiger partial charge < -0.3 is 10.3 Å². The molecule has 1 fully saturated rings. The van der Waals surface area contributed by atoms with Crippen molar-refractivity contribution in [3.05, 3.63) is 47.1 Å². The monoisotopic (exact) mass is 255 g/mol. The predicted octanol–water partition coefficient (Wildman–Crippen LogP) is 2.14. The number of hydrogen-bond donors (Lipinski definition) is 1. The summed E-state index contributed by atoms with van der Waals surface area (Å²) in [6, 6.07) is 8.55. The Labute approximate surface area is 112 Å². The maximum atomic E-state index is 5.81. The molecule has 19 heavy (non-hydrogen) atoms. The third-order valence-corrected chi connectivity index (χ3v) is 4.58. The van der Waals surface area contributed by atoms with Gasteiger partial charge in [-0.1, -0.05) is 29.4 Å². The van der Waals surface area contributed by atoms with E-state index in [0.29, 0.717) is 12.5 Å². The summed E-state index contributed by atoms with van der Waals surface area (Å²) in [6.45, 7) is 0.607. The van der Waals surface area contributed by atoms with E-state index in [1.807, 2.05) is 0 Å². The minimum atomic E-state index is -0.0105. The predicted molar refractivity (Wildman–Crippen MR) is 70.9 cm³/mol. The van der Waals surface area contributed by atoms with E-state index in [-0.39, 0.29) is 5.41 Å². The third-order valence-electron chi connectivity index (χ3n) is 4.58. The van der Waals surface area contributed by atoms with Gasteiger partial charge in [0.15, 0.2) is 5.82 Å². The molecule has 0 spiro atoms. The molecule has 4 rings (SSSR count). The molecule has 2 aromatic rings. The number of aryl methyl sites for hydroxylation is 1. The van der Waals surface area contributed by atoms with E-state index in [1.165, 1.54) is 11.1 Å². The van der Waals surface area contributed by atoms with Crippen molar-refractivity contribution in [1.29, 1.82) is 0 Å². The number of nitrogens with two attached hydrogens (primary N) is 1. The Morgan fingerprint density at radius 2 is 2.16 bits per heavy atom. The van der Waals surface area contributed by atoms with E-state index in [0.717, 1.165) is 37.4 Å². The topological polar surface area (TPSA) is 64.9 Å². The average Bonchev–Trinajstić information content (AvgIpc) is 2.90. The Bertz CT molecular complexity index is 615. The minimum Gasteiger partial charge on any atom is -0.339 e. The highest BCUT2D eigenvalue weighted by Crippen LogP contribution is 2.47. The van der Waals surface area contributed by atoms with Crippen LogP contribution in [0, 0.1) is 0 Å². The van der Waals surface area contributed by atoms with Crippen LogP contribution in [0.15, 0.2) is 28.8 Å². The van der Waals surface area contributed by atoms with Gasteiger partial charge >= 0.3 is 0 Å². The molecule has 0 aliphatic heterocycles. The highest BCUT2D eigenvalue weighted by Gasteiger charge is 2.48. The highest BCUT2D eigenvalue weighted by molar-refractivity contribution is 5.38. The third kappa shape index (κ3) is 1.63. The summed E-state index contributed by atoms with van der Waals surface area (Å²) in [4.78, 5) is 4.64. The fourth-order valence-corrected chi connectivity index (χ4v) is 3.07. The zero-order chi connectivity index (χ0) is 12.9. The second-order valence-electron chi connectivity index (χ2n) is 5.73. The lowest BCUT2D eigenvalue weighted by Crippen LogP contribution is -2.20. The van der Waals surface area contributed by atoms with Crippen LogP contribution < -0.4 is 5.73 Å². The maximum absolute atomic E-state index is 5.81. The van der Waals surface area contributed by atoms with Gasteiger partial charge in [-0.2, -0.15) is 4.98 Å². The summed E-state index contributed by atoms with van der Waals surface area (Å²) >= 11 is 0. The summed E-state index contributed by atoms with van der Waals surface area (Å²) in [7, 11) is 0. The van der Waals surface area contributed by atoms with Gasteiger partial charge in [0.05, 0.1) is 5.41 Å². The molecule has 1 heterocycles. The van der Waals surface area contributed by atoms with Gasteiger partial charge in [0, 0.05) is 12.5 Å². The van der Waals surface area contributed by atoms with Gasteiger partial charge in [0.1, 0.15) is 0 Å².